The fourth-order valence-corrected chi connectivity index (χ4v) is 3.11. The van der Waals surface area contributed by atoms with Crippen molar-refractivity contribution < 1.29 is 4.74 Å². The number of hydrogen-bond acceptors (Lipinski definition) is 4. The summed E-state index contributed by atoms with van der Waals surface area (Å²) in [4.78, 5) is 4.74. The van der Waals surface area contributed by atoms with Gasteiger partial charge in [0.05, 0.1) is 18.0 Å². The molecule has 1 heterocycles. The highest BCUT2D eigenvalue weighted by atomic mass is 32.1. The Labute approximate surface area is 140 Å². The van der Waals surface area contributed by atoms with E-state index in [0.717, 1.165) is 34.0 Å². The molecule has 0 radical (unpaired) electrons. The van der Waals surface area contributed by atoms with Gasteiger partial charge in [0.1, 0.15) is 10.8 Å². The van der Waals surface area contributed by atoms with E-state index >= 15 is 0 Å². The Morgan fingerprint density at radius 3 is 2.52 bits per heavy atom. The highest BCUT2D eigenvalue weighted by molar-refractivity contribution is 7.13. The zero-order chi connectivity index (χ0) is 16.2. The summed E-state index contributed by atoms with van der Waals surface area (Å²) in [6.07, 6.45) is 0.966. The summed E-state index contributed by atoms with van der Waals surface area (Å²) in [5.41, 5.74) is 11.1. The number of nitrogens with zero attached hydrogens (tertiary/aromatic N) is 1. The van der Waals surface area contributed by atoms with Crippen molar-refractivity contribution in [2.75, 3.05) is 12.3 Å². The molecule has 2 N–H and O–H groups in total. The van der Waals surface area contributed by atoms with Gasteiger partial charge in [-0.25, -0.2) is 4.98 Å². The molecule has 0 aliphatic carbocycles. The third-order valence-corrected chi connectivity index (χ3v) is 4.46. The Balaban J connectivity index is 1.85. The second kappa shape index (κ2) is 6.84. The fourth-order valence-electron chi connectivity index (χ4n) is 2.29. The van der Waals surface area contributed by atoms with Crippen LogP contribution in [0.3, 0.4) is 0 Å². The van der Waals surface area contributed by atoms with E-state index in [1.54, 1.807) is 11.3 Å². The first kappa shape index (κ1) is 15.6. The largest absolute Gasteiger partial charge is 0.491 e. The second-order valence-electron chi connectivity index (χ2n) is 5.50. The van der Waals surface area contributed by atoms with Crippen LogP contribution >= 0.6 is 11.3 Å². The summed E-state index contributed by atoms with van der Waals surface area (Å²) in [5, 5.41) is 3.05. The number of anilines is 1. The predicted octanol–water partition coefficient (Wildman–Crippen LogP) is 5.16. The van der Waals surface area contributed by atoms with Gasteiger partial charge in [-0.1, -0.05) is 36.8 Å². The lowest BCUT2D eigenvalue weighted by Gasteiger charge is -2.08. The molecule has 0 amide bonds. The van der Waals surface area contributed by atoms with Crippen molar-refractivity contribution in [3.05, 3.63) is 53.4 Å². The van der Waals surface area contributed by atoms with E-state index in [2.05, 4.69) is 43.5 Å². The van der Waals surface area contributed by atoms with Crippen molar-refractivity contribution in [3.8, 4) is 27.6 Å². The highest BCUT2D eigenvalue weighted by Gasteiger charge is 2.09. The van der Waals surface area contributed by atoms with Crippen molar-refractivity contribution >= 4 is 17.0 Å². The van der Waals surface area contributed by atoms with E-state index in [4.69, 9.17) is 15.5 Å². The van der Waals surface area contributed by atoms with Gasteiger partial charge in [-0.2, -0.15) is 0 Å². The number of benzene rings is 2. The van der Waals surface area contributed by atoms with Gasteiger partial charge in [0, 0.05) is 16.5 Å². The molecule has 23 heavy (non-hydrogen) atoms. The zero-order valence-corrected chi connectivity index (χ0v) is 14.2. The average Bonchev–Trinajstić information content (AvgIpc) is 3.04. The van der Waals surface area contributed by atoms with Crippen LogP contribution in [0, 0.1) is 6.92 Å². The van der Waals surface area contributed by atoms with Crippen LogP contribution in [0.4, 0.5) is 5.69 Å². The molecule has 118 valence electrons. The summed E-state index contributed by atoms with van der Waals surface area (Å²) in [6.45, 7) is 4.84. The summed E-state index contributed by atoms with van der Waals surface area (Å²) in [7, 11) is 0. The van der Waals surface area contributed by atoms with Gasteiger partial charge in [0.25, 0.3) is 0 Å². The van der Waals surface area contributed by atoms with Gasteiger partial charge in [-0.05, 0) is 31.5 Å². The molecule has 0 bridgehead atoms. The Bertz CT molecular complexity index is 793. The molecule has 0 aliphatic heterocycles. The van der Waals surface area contributed by atoms with Crippen LogP contribution in [-0.4, -0.2) is 11.6 Å². The molecular formula is C19H20N2OS. The van der Waals surface area contributed by atoms with Crippen LogP contribution in [0.2, 0.25) is 0 Å². The lowest BCUT2D eigenvalue weighted by molar-refractivity contribution is 0.319. The lowest BCUT2D eigenvalue weighted by Crippen LogP contribution is -1.99. The van der Waals surface area contributed by atoms with E-state index in [9.17, 15) is 0 Å². The minimum atomic E-state index is 0.656. The third-order valence-electron chi connectivity index (χ3n) is 3.57. The molecule has 0 unspecified atom stereocenters. The van der Waals surface area contributed by atoms with Gasteiger partial charge in [0.15, 0.2) is 0 Å². The molecule has 1 aromatic heterocycles. The summed E-state index contributed by atoms with van der Waals surface area (Å²) < 4.78 is 5.62. The topological polar surface area (TPSA) is 48.1 Å². The van der Waals surface area contributed by atoms with Crippen molar-refractivity contribution in [1.29, 1.82) is 0 Å². The monoisotopic (exact) mass is 324 g/mol. The number of aryl methyl sites for hydroxylation is 1. The van der Waals surface area contributed by atoms with Gasteiger partial charge in [-0.15, -0.1) is 11.3 Å². The lowest BCUT2D eigenvalue weighted by atomic mass is 10.1. The number of hydrogen-bond donors (Lipinski definition) is 1. The zero-order valence-electron chi connectivity index (χ0n) is 13.4. The van der Waals surface area contributed by atoms with Crippen LogP contribution in [0.25, 0.3) is 21.8 Å². The van der Waals surface area contributed by atoms with E-state index in [1.165, 1.54) is 5.56 Å². The SMILES string of the molecule is CCCOc1ccc(-c2nc(-c3ccc(C)cc3)cs2)cc1N. The molecule has 0 aliphatic rings. The maximum atomic E-state index is 6.09. The number of ether oxygens (including phenoxy) is 1. The van der Waals surface area contributed by atoms with Crippen LogP contribution < -0.4 is 10.5 Å². The molecule has 0 fully saturated rings. The first-order valence-electron chi connectivity index (χ1n) is 7.72. The third kappa shape index (κ3) is 3.54. The molecule has 3 aromatic rings. The molecule has 3 rings (SSSR count). The maximum absolute atomic E-state index is 6.09. The summed E-state index contributed by atoms with van der Waals surface area (Å²) in [5.74, 6) is 0.742. The molecule has 0 saturated carbocycles. The van der Waals surface area contributed by atoms with Crippen LogP contribution in [0.15, 0.2) is 47.8 Å². The van der Waals surface area contributed by atoms with Crippen molar-refractivity contribution in [1.82, 2.24) is 4.98 Å². The molecule has 3 nitrogen and oxygen atoms in total. The van der Waals surface area contributed by atoms with Gasteiger partial charge >= 0.3 is 0 Å². The smallest absolute Gasteiger partial charge is 0.142 e. The summed E-state index contributed by atoms with van der Waals surface area (Å²) in [6, 6.07) is 14.3. The quantitative estimate of drug-likeness (QED) is 0.660. The first-order chi connectivity index (χ1) is 11.2. The Morgan fingerprint density at radius 1 is 1.09 bits per heavy atom. The van der Waals surface area contributed by atoms with Crippen molar-refractivity contribution in [3.63, 3.8) is 0 Å². The normalized spacial score (nSPS) is 10.7. The average molecular weight is 324 g/mol. The van der Waals surface area contributed by atoms with E-state index in [1.807, 2.05) is 18.2 Å². The van der Waals surface area contributed by atoms with Crippen LogP contribution in [0.5, 0.6) is 5.75 Å². The minimum Gasteiger partial charge on any atom is -0.491 e. The second-order valence-corrected chi connectivity index (χ2v) is 6.36. The van der Waals surface area contributed by atoms with E-state index in [-0.39, 0.29) is 0 Å². The Morgan fingerprint density at radius 2 is 1.83 bits per heavy atom. The number of nitrogen functional groups attached to an aromatic ring is 1. The van der Waals surface area contributed by atoms with Crippen LogP contribution in [-0.2, 0) is 0 Å². The van der Waals surface area contributed by atoms with Crippen LogP contribution in [0.1, 0.15) is 18.9 Å². The minimum absolute atomic E-state index is 0.656. The maximum Gasteiger partial charge on any atom is 0.142 e. The number of aromatic nitrogens is 1. The standard InChI is InChI=1S/C19H20N2OS/c1-3-10-22-18-9-8-15(11-16(18)20)19-21-17(12-23-19)14-6-4-13(2)5-7-14/h4-9,11-12H,3,10,20H2,1-2H3. The molecule has 0 spiro atoms. The van der Waals surface area contributed by atoms with Gasteiger partial charge in [0.2, 0.25) is 0 Å². The van der Waals surface area contributed by atoms with Crippen molar-refractivity contribution in [2.24, 2.45) is 0 Å². The van der Waals surface area contributed by atoms with E-state index < -0.39 is 0 Å². The molecular weight excluding hydrogens is 304 g/mol. The first-order valence-corrected chi connectivity index (χ1v) is 8.60. The molecule has 0 saturated heterocycles. The van der Waals surface area contributed by atoms with Gasteiger partial charge in [-0.3, -0.25) is 0 Å². The Kier molecular flexibility index (Phi) is 4.63. The number of rotatable bonds is 5. The van der Waals surface area contributed by atoms with E-state index in [0.29, 0.717) is 12.3 Å². The van der Waals surface area contributed by atoms with Gasteiger partial charge < -0.3 is 10.5 Å². The van der Waals surface area contributed by atoms with Crippen molar-refractivity contribution in [2.45, 2.75) is 20.3 Å². The number of thiazole rings is 1. The highest BCUT2D eigenvalue weighted by Crippen LogP contribution is 2.32. The fraction of sp³-hybridized carbons (Fsp3) is 0.211. The molecule has 2 aromatic carbocycles. The predicted molar refractivity (Wildman–Crippen MR) is 97.9 cm³/mol. The summed E-state index contributed by atoms with van der Waals surface area (Å²) >= 11 is 1.63. The molecule has 4 heteroatoms. The Hall–Kier alpha value is -2.33. The number of nitrogens with two attached hydrogens (primary N) is 1. The molecule has 0 atom stereocenters.